The van der Waals surface area contributed by atoms with Crippen LogP contribution in [-0.4, -0.2) is 17.2 Å². The third-order valence-electron chi connectivity index (χ3n) is 0.894. The number of hydrogen-bond acceptors (Lipinski definition) is 4. The second kappa shape index (κ2) is 2.39. The number of nitrogen functional groups attached to an aromatic ring is 1. The van der Waals surface area contributed by atoms with Crippen LogP contribution in [0.3, 0.4) is 0 Å². The van der Waals surface area contributed by atoms with Gasteiger partial charge in [0.25, 0.3) is 0 Å². The van der Waals surface area contributed by atoms with Gasteiger partial charge in [0.2, 0.25) is 0 Å². The molecule has 1 rings (SSSR count). The summed E-state index contributed by atoms with van der Waals surface area (Å²) in [6.07, 6.45) is 0. The highest BCUT2D eigenvalue weighted by atomic mass is 32.1. The van der Waals surface area contributed by atoms with E-state index < -0.39 is 7.12 Å². The molecule has 0 saturated heterocycles. The quantitative estimate of drug-likeness (QED) is 0.442. The Morgan fingerprint density at radius 2 is 2.22 bits per heavy atom. The van der Waals surface area contributed by atoms with Gasteiger partial charge in [0.1, 0.15) is 0 Å². The van der Waals surface area contributed by atoms with Crippen molar-refractivity contribution in [3.05, 3.63) is 11.4 Å². The van der Waals surface area contributed by atoms with Gasteiger partial charge in [-0.1, -0.05) is 0 Å². The fourth-order valence-corrected chi connectivity index (χ4v) is 1.17. The summed E-state index contributed by atoms with van der Waals surface area (Å²) in [6.45, 7) is 0. The molecule has 1 aromatic rings. The van der Waals surface area contributed by atoms with Gasteiger partial charge >= 0.3 is 7.12 Å². The molecule has 4 N–H and O–H groups in total. The van der Waals surface area contributed by atoms with Gasteiger partial charge in [-0.05, 0) is 6.07 Å². The summed E-state index contributed by atoms with van der Waals surface area (Å²) in [5.41, 5.74) is 5.88. The number of anilines is 1. The molecule has 0 aromatic carbocycles. The zero-order valence-electron chi connectivity index (χ0n) is 4.61. The minimum absolute atomic E-state index is 0.479. The van der Waals surface area contributed by atoms with Gasteiger partial charge in [0.05, 0.1) is 0 Å². The fraction of sp³-hybridized carbons (Fsp3) is 0. The van der Waals surface area contributed by atoms with Crippen molar-refractivity contribution >= 4 is 28.9 Å². The van der Waals surface area contributed by atoms with E-state index in [9.17, 15) is 0 Å². The summed E-state index contributed by atoms with van der Waals surface area (Å²) >= 11 is 1.23. The van der Waals surface area contributed by atoms with Crippen LogP contribution in [0.2, 0.25) is 0 Å². The summed E-state index contributed by atoms with van der Waals surface area (Å²) in [7, 11) is -1.38. The molecule has 9 heavy (non-hydrogen) atoms. The Hall–Kier alpha value is -0.515. The Balaban J connectivity index is 2.85. The maximum absolute atomic E-state index is 8.55. The lowest BCUT2D eigenvalue weighted by Crippen LogP contribution is -2.26. The molecule has 0 radical (unpaired) electrons. The Morgan fingerprint density at radius 3 is 2.44 bits per heavy atom. The first-order chi connectivity index (χ1) is 4.20. The molecule has 0 aliphatic carbocycles. The van der Waals surface area contributed by atoms with Crippen molar-refractivity contribution < 1.29 is 10.0 Å². The van der Waals surface area contributed by atoms with Crippen molar-refractivity contribution in [3.63, 3.8) is 0 Å². The van der Waals surface area contributed by atoms with Crippen molar-refractivity contribution in [2.24, 2.45) is 0 Å². The van der Waals surface area contributed by atoms with Crippen molar-refractivity contribution in [3.8, 4) is 0 Å². The third kappa shape index (κ3) is 1.44. The fourth-order valence-electron chi connectivity index (χ4n) is 0.504. The summed E-state index contributed by atoms with van der Waals surface area (Å²) in [6, 6.07) is 1.54. The largest absolute Gasteiger partial charge is 0.499 e. The highest BCUT2D eigenvalue weighted by Crippen LogP contribution is 2.04. The van der Waals surface area contributed by atoms with Gasteiger partial charge in [-0.15, -0.1) is 0 Å². The van der Waals surface area contributed by atoms with Gasteiger partial charge in [0, 0.05) is 15.8 Å². The topological polar surface area (TPSA) is 66.5 Å². The molecule has 0 aliphatic rings. The van der Waals surface area contributed by atoms with Crippen LogP contribution < -0.4 is 10.5 Å². The molecule has 1 aromatic heterocycles. The lowest BCUT2D eigenvalue weighted by molar-refractivity contribution is 0.427. The molecule has 0 unspecified atom stereocenters. The second-order valence-corrected chi connectivity index (χ2v) is 2.60. The van der Waals surface area contributed by atoms with Crippen LogP contribution in [0, 0.1) is 0 Å². The normalized spacial score (nSPS) is 9.56. The van der Waals surface area contributed by atoms with E-state index >= 15 is 0 Å². The van der Waals surface area contributed by atoms with Crippen LogP contribution in [0.25, 0.3) is 0 Å². The molecular formula is C4H6BNO2S. The zero-order chi connectivity index (χ0) is 6.85. The van der Waals surface area contributed by atoms with Gasteiger partial charge in [-0.25, -0.2) is 0 Å². The third-order valence-corrected chi connectivity index (χ3v) is 1.89. The first-order valence-corrected chi connectivity index (χ1v) is 3.28. The van der Waals surface area contributed by atoms with E-state index in [-0.39, 0.29) is 0 Å². The summed E-state index contributed by atoms with van der Waals surface area (Å²) < 4.78 is 0.479. The van der Waals surface area contributed by atoms with E-state index in [0.29, 0.717) is 10.5 Å². The standard InChI is InChI=1S/C4H6BNO2S/c6-3-1-4(5(7)8)9-2-3/h1-2,7-8H,6H2. The maximum Gasteiger partial charge on any atom is 0.499 e. The average molecular weight is 143 g/mol. The summed E-state index contributed by atoms with van der Waals surface area (Å²) in [5, 5.41) is 18.8. The average Bonchev–Trinajstić information content (AvgIpc) is 2.14. The van der Waals surface area contributed by atoms with E-state index in [0.717, 1.165) is 0 Å². The van der Waals surface area contributed by atoms with E-state index in [4.69, 9.17) is 15.8 Å². The first-order valence-electron chi connectivity index (χ1n) is 2.40. The Kier molecular flexibility index (Phi) is 1.75. The molecule has 0 amide bonds. The molecule has 1 heterocycles. The lowest BCUT2D eigenvalue weighted by Gasteiger charge is -1.87. The minimum Gasteiger partial charge on any atom is -0.423 e. The molecular weight excluding hydrogens is 137 g/mol. The molecule has 0 saturated carbocycles. The van der Waals surface area contributed by atoms with Crippen LogP contribution in [0.5, 0.6) is 0 Å². The predicted octanol–water partition coefficient (Wildman–Crippen LogP) is -0.990. The van der Waals surface area contributed by atoms with E-state index in [2.05, 4.69) is 0 Å². The molecule has 0 bridgehead atoms. The molecule has 3 nitrogen and oxygen atoms in total. The minimum atomic E-state index is -1.38. The SMILES string of the molecule is Nc1csc(B(O)O)c1. The van der Waals surface area contributed by atoms with E-state index in [1.54, 1.807) is 5.38 Å². The molecule has 48 valence electrons. The molecule has 0 spiro atoms. The Bertz CT molecular complexity index is 200. The summed E-state index contributed by atoms with van der Waals surface area (Å²) in [4.78, 5) is 0. The van der Waals surface area contributed by atoms with Crippen molar-refractivity contribution in [2.75, 3.05) is 5.73 Å². The van der Waals surface area contributed by atoms with Gasteiger partial charge < -0.3 is 15.8 Å². The van der Waals surface area contributed by atoms with Crippen LogP contribution in [0.15, 0.2) is 11.4 Å². The summed E-state index contributed by atoms with van der Waals surface area (Å²) in [5.74, 6) is 0. The maximum atomic E-state index is 8.55. The predicted molar refractivity (Wildman–Crippen MR) is 38.6 cm³/mol. The molecule has 0 fully saturated rings. The van der Waals surface area contributed by atoms with Crippen LogP contribution in [-0.2, 0) is 0 Å². The smallest absolute Gasteiger partial charge is 0.423 e. The number of rotatable bonds is 1. The van der Waals surface area contributed by atoms with Gasteiger partial charge in [-0.2, -0.15) is 11.3 Å². The number of thiophene rings is 1. The number of hydrogen-bond donors (Lipinski definition) is 3. The second-order valence-electron chi connectivity index (χ2n) is 1.66. The zero-order valence-corrected chi connectivity index (χ0v) is 5.43. The molecule has 0 atom stereocenters. The monoisotopic (exact) mass is 143 g/mol. The van der Waals surface area contributed by atoms with Crippen LogP contribution in [0.1, 0.15) is 0 Å². The Morgan fingerprint density at radius 1 is 1.56 bits per heavy atom. The van der Waals surface area contributed by atoms with Crippen LogP contribution in [0.4, 0.5) is 5.69 Å². The van der Waals surface area contributed by atoms with Gasteiger partial charge in [-0.3, -0.25) is 0 Å². The highest BCUT2D eigenvalue weighted by Gasteiger charge is 2.11. The number of nitrogens with two attached hydrogens (primary N) is 1. The first kappa shape index (κ1) is 6.60. The van der Waals surface area contributed by atoms with Crippen molar-refractivity contribution in [1.29, 1.82) is 0 Å². The van der Waals surface area contributed by atoms with Gasteiger partial charge in [0.15, 0.2) is 0 Å². The molecule has 0 aliphatic heterocycles. The molecule has 5 heteroatoms. The van der Waals surface area contributed by atoms with Crippen LogP contribution >= 0.6 is 11.3 Å². The van der Waals surface area contributed by atoms with Crippen molar-refractivity contribution in [2.45, 2.75) is 0 Å². The van der Waals surface area contributed by atoms with E-state index in [1.807, 2.05) is 0 Å². The Labute approximate surface area is 56.9 Å². The van der Waals surface area contributed by atoms with E-state index in [1.165, 1.54) is 17.4 Å². The van der Waals surface area contributed by atoms with Crippen molar-refractivity contribution in [1.82, 2.24) is 0 Å². The highest BCUT2D eigenvalue weighted by molar-refractivity contribution is 7.20. The lowest BCUT2D eigenvalue weighted by atomic mass is 9.90.